The molecule has 5 N–H and O–H groups in total. The highest BCUT2D eigenvalue weighted by Gasteiger charge is 2.28. The fraction of sp³-hybridized carbons (Fsp3) is 0. The molecule has 10 nitrogen and oxygen atoms in total. The summed E-state index contributed by atoms with van der Waals surface area (Å²) in [4.78, 5) is 50.5. The predicted octanol–water partition coefficient (Wildman–Crippen LogP) is -2.25. The first-order valence-electron chi connectivity index (χ1n) is 2.78. The first kappa shape index (κ1) is 12.4. The number of carbonyl (C=O) groups is 3. The summed E-state index contributed by atoms with van der Waals surface area (Å²) in [5, 5.41) is 0. The van der Waals surface area contributed by atoms with E-state index in [2.05, 4.69) is 15.1 Å². The van der Waals surface area contributed by atoms with Crippen molar-refractivity contribution in [1.82, 2.24) is 5.48 Å². The summed E-state index contributed by atoms with van der Waals surface area (Å²) in [5.41, 5.74) is 5.68. The number of carbonyl (C=O) groups excluding carboxylic acids is 3. The highest BCUT2D eigenvalue weighted by molar-refractivity contribution is 7.47. The average Bonchev–Trinajstić information content (AvgIpc) is 1.96. The molecule has 14 heavy (non-hydrogen) atoms. The summed E-state index contributed by atoms with van der Waals surface area (Å²) in [7, 11) is -5.12. The Bertz CT molecular complexity index is 306. The molecule has 0 aliphatic carbocycles. The smallest absolute Gasteiger partial charge is 0.362 e. The lowest BCUT2D eigenvalue weighted by atomic mass is 10.7. The van der Waals surface area contributed by atoms with Crippen LogP contribution in [0.4, 0.5) is 4.79 Å². The number of phosphoric ester groups is 1. The second-order valence-electron chi connectivity index (χ2n) is 1.73. The third-order valence-electron chi connectivity index (χ3n) is 0.613. The molecule has 0 aliphatic rings. The fourth-order valence-corrected chi connectivity index (χ4v) is 0.574. The zero-order valence-electron chi connectivity index (χ0n) is 6.37. The highest BCUT2D eigenvalue weighted by atomic mass is 31.2. The van der Waals surface area contributed by atoms with Gasteiger partial charge in [0.15, 0.2) is 0 Å². The van der Waals surface area contributed by atoms with Gasteiger partial charge in [0.05, 0.1) is 0 Å². The van der Waals surface area contributed by atoms with Crippen molar-refractivity contribution in [2.24, 2.45) is 5.73 Å². The molecule has 0 aromatic carbocycles. The van der Waals surface area contributed by atoms with Gasteiger partial charge in [-0.25, -0.2) is 18.9 Å². The van der Waals surface area contributed by atoms with E-state index in [1.165, 1.54) is 5.48 Å². The first-order valence-corrected chi connectivity index (χ1v) is 4.31. The number of nitrogens with two attached hydrogens (primary N) is 1. The zero-order chi connectivity index (χ0) is 11.4. The van der Waals surface area contributed by atoms with Crippen LogP contribution >= 0.6 is 7.82 Å². The molecule has 0 atom stereocenters. The quantitative estimate of drug-likeness (QED) is 0.222. The Morgan fingerprint density at radius 3 is 2.07 bits per heavy atom. The van der Waals surface area contributed by atoms with Crippen LogP contribution in [0.3, 0.4) is 0 Å². The van der Waals surface area contributed by atoms with Gasteiger partial charge in [-0.1, -0.05) is 0 Å². The molecule has 0 unspecified atom stereocenters. The normalized spacial score (nSPS) is 10.1. The van der Waals surface area contributed by atoms with Gasteiger partial charge in [0, 0.05) is 0 Å². The third kappa shape index (κ3) is 5.94. The second kappa shape index (κ2) is 4.56. The Labute approximate surface area is 76.2 Å². The number of hydroxylamine groups is 1. The molecule has 0 aromatic rings. The van der Waals surface area contributed by atoms with Gasteiger partial charge in [0.1, 0.15) is 0 Å². The molecule has 0 aromatic heterocycles. The van der Waals surface area contributed by atoms with Gasteiger partial charge in [-0.3, -0.25) is 9.79 Å². The molecule has 80 valence electrons. The molecule has 0 aliphatic heterocycles. The SMILES string of the molecule is NC(=O)NOC(=O)C(=O)OP(=O)(O)O. The van der Waals surface area contributed by atoms with Crippen LogP contribution in [-0.2, 0) is 23.5 Å². The van der Waals surface area contributed by atoms with Gasteiger partial charge >= 0.3 is 25.8 Å². The Balaban J connectivity index is 4.08. The van der Waals surface area contributed by atoms with Gasteiger partial charge in [-0.15, -0.1) is 0 Å². The standard InChI is InChI=1S/C3H5N2O8P/c4-3(8)5-12-1(6)2(7)13-14(9,10)11/h(H3,4,5,8)(H2,9,10,11). The van der Waals surface area contributed by atoms with Crippen molar-refractivity contribution < 1.29 is 38.1 Å². The summed E-state index contributed by atoms with van der Waals surface area (Å²) < 4.78 is 13.3. The lowest BCUT2D eigenvalue weighted by molar-refractivity contribution is -0.166. The second-order valence-corrected chi connectivity index (χ2v) is 2.89. The van der Waals surface area contributed by atoms with Crippen LogP contribution in [0.25, 0.3) is 0 Å². The van der Waals surface area contributed by atoms with Crippen molar-refractivity contribution in [1.29, 1.82) is 0 Å². The van der Waals surface area contributed by atoms with Crippen LogP contribution in [0.1, 0.15) is 0 Å². The summed E-state index contributed by atoms with van der Waals surface area (Å²) in [6, 6.07) is -1.28. The molecule has 2 amide bonds. The van der Waals surface area contributed by atoms with E-state index in [1.54, 1.807) is 0 Å². The number of nitrogens with one attached hydrogen (secondary N) is 1. The summed E-state index contributed by atoms with van der Waals surface area (Å²) in [6.45, 7) is 0. The van der Waals surface area contributed by atoms with Gasteiger partial charge in [0.2, 0.25) is 0 Å². The van der Waals surface area contributed by atoms with E-state index in [4.69, 9.17) is 9.79 Å². The zero-order valence-corrected chi connectivity index (χ0v) is 7.26. The predicted molar refractivity (Wildman–Crippen MR) is 36.9 cm³/mol. The molecular weight excluding hydrogens is 223 g/mol. The van der Waals surface area contributed by atoms with Crippen molar-refractivity contribution in [2.75, 3.05) is 0 Å². The van der Waals surface area contributed by atoms with Gasteiger partial charge in [-0.05, 0) is 0 Å². The molecule has 0 heterocycles. The minimum atomic E-state index is -5.12. The lowest BCUT2D eigenvalue weighted by Crippen LogP contribution is -2.34. The van der Waals surface area contributed by atoms with Crippen LogP contribution in [0, 0.1) is 0 Å². The average molecular weight is 228 g/mol. The summed E-state index contributed by atoms with van der Waals surface area (Å²) in [6.07, 6.45) is 0. The van der Waals surface area contributed by atoms with Crippen molar-refractivity contribution in [3.63, 3.8) is 0 Å². The minimum Gasteiger partial charge on any atom is -0.362 e. The van der Waals surface area contributed by atoms with Crippen LogP contribution in [0.15, 0.2) is 0 Å². The van der Waals surface area contributed by atoms with Crippen LogP contribution in [0.2, 0.25) is 0 Å². The molecule has 0 bridgehead atoms. The summed E-state index contributed by atoms with van der Waals surface area (Å²) in [5.74, 6) is -3.79. The maximum absolute atomic E-state index is 10.4. The van der Waals surface area contributed by atoms with Crippen LogP contribution < -0.4 is 11.2 Å². The number of rotatable bonds is 1. The molecule has 0 radical (unpaired) electrons. The molecule has 0 spiro atoms. The highest BCUT2D eigenvalue weighted by Crippen LogP contribution is 2.35. The third-order valence-corrected chi connectivity index (χ3v) is 1.02. The van der Waals surface area contributed by atoms with Gasteiger partial charge in [-0.2, -0.15) is 5.48 Å². The van der Waals surface area contributed by atoms with E-state index in [0.717, 1.165) is 0 Å². The molecule has 11 heteroatoms. The molecule has 0 saturated carbocycles. The Morgan fingerprint density at radius 2 is 1.71 bits per heavy atom. The maximum atomic E-state index is 10.4. The summed E-state index contributed by atoms with van der Waals surface area (Å²) >= 11 is 0. The molecule has 0 fully saturated rings. The maximum Gasteiger partial charge on any atom is 0.527 e. The number of amides is 2. The van der Waals surface area contributed by atoms with E-state index in [1.807, 2.05) is 0 Å². The van der Waals surface area contributed by atoms with E-state index in [-0.39, 0.29) is 0 Å². The van der Waals surface area contributed by atoms with Crippen molar-refractivity contribution in [3.05, 3.63) is 0 Å². The first-order chi connectivity index (χ1) is 6.22. The van der Waals surface area contributed by atoms with Crippen molar-refractivity contribution >= 4 is 25.8 Å². The Morgan fingerprint density at radius 1 is 1.21 bits per heavy atom. The Hall–Kier alpha value is -1.64. The van der Waals surface area contributed by atoms with Crippen LogP contribution in [0.5, 0.6) is 0 Å². The number of urea groups is 1. The molecular formula is C3H5N2O8P. The number of primary amides is 1. The number of hydrogen-bond acceptors (Lipinski definition) is 6. The van der Waals surface area contributed by atoms with Gasteiger partial charge < -0.3 is 15.1 Å². The van der Waals surface area contributed by atoms with Gasteiger partial charge in [0.25, 0.3) is 0 Å². The van der Waals surface area contributed by atoms with Crippen molar-refractivity contribution in [3.8, 4) is 0 Å². The fourth-order valence-electron chi connectivity index (χ4n) is 0.284. The van der Waals surface area contributed by atoms with E-state index in [0.29, 0.717) is 0 Å². The van der Waals surface area contributed by atoms with Crippen LogP contribution in [-0.4, -0.2) is 27.8 Å². The lowest BCUT2D eigenvalue weighted by Gasteiger charge is -2.04. The topological polar surface area (TPSA) is 165 Å². The van der Waals surface area contributed by atoms with E-state index >= 15 is 0 Å². The minimum absolute atomic E-state index is 1.25. The largest absolute Gasteiger partial charge is 0.527 e. The monoisotopic (exact) mass is 228 g/mol. The molecule has 0 saturated heterocycles. The Kier molecular flexibility index (Phi) is 4.02. The van der Waals surface area contributed by atoms with E-state index in [9.17, 15) is 18.9 Å². The number of hydrogen-bond donors (Lipinski definition) is 4. The van der Waals surface area contributed by atoms with Crippen molar-refractivity contribution in [2.45, 2.75) is 0 Å². The van der Waals surface area contributed by atoms with E-state index < -0.39 is 25.8 Å². The molecule has 0 rings (SSSR count). The number of phosphoric acid groups is 1.